The fourth-order valence-electron chi connectivity index (χ4n) is 4.21. The molecule has 2 N–H and O–H groups in total. The van der Waals surface area contributed by atoms with Crippen LogP contribution in [0.5, 0.6) is 0 Å². The number of carbonyl (C=O) groups excluding carboxylic acids is 1. The number of nitrogens with one attached hydrogen (secondary N) is 2. The zero-order valence-electron chi connectivity index (χ0n) is 16.1. The van der Waals surface area contributed by atoms with Crippen molar-refractivity contribution in [3.05, 3.63) is 35.4 Å². The highest BCUT2D eigenvalue weighted by Crippen LogP contribution is 2.18. The lowest BCUT2D eigenvalue weighted by Crippen LogP contribution is -2.29. The zero-order chi connectivity index (χ0) is 18.0. The summed E-state index contributed by atoms with van der Waals surface area (Å²) >= 11 is 0. The molecule has 2 fully saturated rings. The molecule has 144 valence electrons. The summed E-state index contributed by atoms with van der Waals surface area (Å²) in [6, 6.07) is 8.60. The third-order valence-electron chi connectivity index (χ3n) is 5.93. The van der Waals surface area contributed by atoms with Crippen LogP contribution in [0.15, 0.2) is 24.3 Å². The van der Waals surface area contributed by atoms with Gasteiger partial charge in [-0.1, -0.05) is 37.1 Å². The van der Waals surface area contributed by atoms with Gasteiger partial charge in [-0.2, -0.15) is 0 Å². The minimum atomic E-state index is 0.202. The first kappa shape index (κ1) is 19.4. The topological polar surface area (TPSA) is 44.4 Å². The molecule has 1 aromatic rings. The number of hydrogen-bond donors (Lipinski definition) is 2. The molecule has 0 bridgehead atoms. The number of piperidine rings is 1. The molecular weight excluding hydrogens is 322 g/mol. The van der Waals surface area contributed by atoms with Crippen LogP contribution < -0.4 is 10.6 Å². The van der Waals surface area contributed by atoms with Crippen LogP contribution in [-0.2, 0) is 17.9 Å². The van der Waals surface area contributed by atoms with Gasteiger partial charge in [0.15, 0.2) is 0 Å². The fourth-order valence-corrected chi connectivity index (χ4v) is 4.21. The summed E-state index contributed by atoms with van der Waals surface area (Å²) in [5, 5.41) is 6.54. The highest BCUT2D eigenvalue weighted by atomic mass is 16.1. The second-order valence-electron chi connectivity index (χ2n) is 7.97. The van der Waals surface area contributed by atoms with Crippen LogP contribution in [0.2, 0.25) is 0 Å². The third kappa shape index (κ3) is 6.40. The molecule has 0 saturated carbocycles. The monoisotopic (exact) mass is 357 g/mol. The lowest BCUT2D eigenvalue weighted by atomic mass is 9.93. The Morgan fingerprint density at radius 1 is 1.04 bits per heavy atom. The van der Waals surface area contributed by atoms with E-state index < -0.39 is 0 Å². The summed E-state index contributed by atoms with van der Waals surface area (Å²) in [5.74, 6) is 0.922. The Morgan fingerprint density at radius 2 is 1.73 bits per heavy atom. The van der Waals surface area contributed by atoms with E-state index in [1.54, 1.807) is 0 Å². The van der Waals surface area contributed by atoms with E-state index in [2.05, 4.69) is 39.8 Å². The van der Waals surface area contributed by atoms with Gasteiger partial charge in [-0.25, -0.2) is 0 Å². The number of likely N-dealkylation sites (tertiary alicyclic amines) is 1. The van der Waals surface area contributed by atoms with Crippen molar-refractivity contribution in [3.8, 4) is 0 Å². The maximum atomic E-state index is 12.3. The van der Waals surface area contributed by atoms with Crippen molar-refractivity contribution in [3.63, 3.8) is 0 Å². The first-order chi connectivity index (χ1) is 12.8. The minimum absolute atomic E-state index is 0.202. The SMILES string of the molecule is O=C(CCC1CCNCC1)NCc1ccccc1CN1CCCCCC1. The molecule has 0 aromatic heterocycles. The Labute approximate surface area is 158 Å². The van der Waals surface area contributed by atoms with Gasteiger partial charge in [-0.15, -0.1) is 0 Å². The van der Waals surface area contributed by atoms with E-state index in [0.29, 0.717) is 13.0 Å². The molecule has 0 aliphatic carbocycles. The number of carbonyl (C=O) groups is 1. The van der Waals surface area contributed by atoms with E-state index in [9.17, 15) is 4.79 Å². The highest BCUT2D eigenvalue weighted by molar-refractivity contribution is 5.75. The molecule has 2 aliphatic heterocycles. The van der Waals surface area contributed by atoms with Crippen molar-refractivity contribution < 1.29 is 4.79 Å². The molecule has 3 rings (SSSR count). The number of amides is 1. The zero-order valence-corrected chi connectivity index (χ0v) is 16.1. The van der Waals surface area contributed by atoms with E-state index in [1.165, 1.54) is 62.7 Å². The lowest BCUT2D eigenvalue weighted by molar-refractivity contribution is -0.121. The quantitative estimate of drug-likeness (QED) is 0.785. The lowest BCUT2D eigenvalue weighted by Gasteiger charge is -2.22. The molecule has 1 amide bonds. The van der Waals surface area contributed by atoms with Gasteiger partial charge in [0.05, 0.1) is 0 Å². The third-order valence-corrected chi connectivity index (χ3v) is 5.93. The van der Waals surface area contributed by atoms with Crippen LogP contribution in [-0.4, -0.2) is 37.0 Å². The van der Waals surface area contributed by atoms with E-state index in [0.717, 1.165) is 32.0 Å². The van der Waals surface area contributed by atoms with Gasteiger partial charge in [-0.05, 0) is 75.3 Å². The van der Waals surface area contributed by atoms with E-state index >= 15 is 0 Å². The number of benzene rings is 1. The predicted molar refractivity (Wildman–Crippen MR) is 107 cm³/mol. The molecule has 1 aromatic carbocycles. The van der Waals surface area contributed by atoms with Crippen LogP contribution in [0, 0.1) is 5.92 Å². The second-order valence-corrected chi connectivity index (χ2v) is 7.97. The summed E-state index contributed by atoms with van der Waals surface area (Å²) < 4.78 is 0. The summed E-state index contributed by atoms with van der Waals surface area (Å²) in [4.78, 5) is 14.8. The average Bonchev–Trinajstić information content (AvgIpc) is 2.95. The molecule has 0 radical (unpaired) electrons. The van der Waals surface area contributed by atoms with Crippen LogP contribution in [0.3, 0.4) is 0 Å². The number of rotatable bonds is 7. The fraction of sp³-hybridized carbons (Fsp3) is 0.682. The molecule has 2 saturated heterocycles. The molecule has 2 aliphatic rings. The van der Waals surface area contributed by atoms with Crippen LogP contribution in [0.25, 0.3) is 0 Å². The van der Waals surface area contributed by atoms with Crippen molar-refractivity contribution >= 4 is 5.91 Å². The van der Waals surface area contributed by atoms with E-state index in [-0.39, 0.29) is 5.91 Å². The minimum Gasteiger partial charge on any atom is -0.352 e. The van der Waals surface area contributed by atoms with E-state index in [4.69, 9.17) is 0 Å². The molecular formula is C22H35N3O. The van der Waals surface area contributed by atoms with Gasteiger partial charge in [0.2, 0.25) is 5.91 Å². The highest BCUT2D eigenvalue weighted by Gasteiger charge is 2.15. The maximum absolute atomic E-state index is 12.3. The van der Waals surface area contributed by atoms with Gasteiger partial charge in [0.1, 0.15) is 0 Å². The largest absolute Gasteiger partial charge is 0.352 e. The van der Waals surface area contributed by atoms with Gasteiger partial charge < -0.3 is 10.6 Å². The number of hydrogen-bond acceptors (Lipinski definition) is 3. The second kappa shape index (κ2) is 10.7. The summed E-state index contributed by atoms with van der Waals surface area (Å²) in [5.41, 5.74) is 2.64. The van der Waals surface area contributed by atoms with Gasteiger partial charge >= 0.3 is 0 Å². The standard InChI is InChI=1S/C22H35N3O/c26-22(10-9-19-11-13-23-14-12-19)24-17-20-7-3-4-8-21(20)18-25-15-5-1-2-6-16-25/h3-4,7-8,19,23H,1-2,5-6,9-18H2,(H,24,26). The Balaban J connectivity index is 1.45. The Kier molecular flexibility index (Phi) is 7.96. The predicted octanol–water partition coefficient (Wildman–Crippen LogP) is 3.46. The molecule has 0 unspecified atom stereocenters. The smallest absolute Gasteiger partial charge is 0.220 e. The molecule has 26 heavy (non-hydrogen) atoms. The van der Waals surface area contributed by atoms with Crippen molar-refractivity contribution in [1.29, 1.82) is 0 Å². The Morgan fingerprint density at radius 3 is 2.46 bits per heavy atom. The summed E-state index contributed by atoms with van der Waals surface area (Å²) in [7, 11) is 0. The normalized spacial score (nSPS) is 19.8. The van der Waals surface area contributed by atoms with Crippen molar-refractivity contribution in [2.75, 3.05) is 26.2 Å². The maximum Gasteiger partial charge on any atom is 0.220 e. The molecule has 4 nitrogen and oxygen atoms in total. The van der Waals surface area contributed by atoms with Crippen molar-refractivity contribution in [2.24, 2.45) is 5.92 Å². The van der Waals surface area contributed by atoms with Crippen molar-refractivity contribution in [1.82, 2.24) is 15.5 Å². The van der Waals surface area contributed by atoms with Gasteiger partial charge in [0.25, 0.3) is 0 Å². The van der Waals surface area contributed by atoms with Crippen molar-refractivity contribution in [2.45, 2.75) is 64.5 Å². The Hall–Kier alpha value is -1.39. The first-order valence-corrected chi connectivity index (χ1v) is 10.6. The van der Waals surface area contributed by atoms with Crippen LogP contribution in [0.4, 0.5) is 0 Å². The molecule has 0 atom stereocenters. The molecule has 2 heterocycles. The average molecular weight is 358 g/mol. The van der Waals surface area contributed by atoms with Gasteiger partial charge in [0, 0.05) is 19.5 Å². The van der Waals surface area contributed by atoms with E-state index in [1.807, 2.05) is 0 Å². The molecule has 4 heteroatoms. The summed E-state index contributed by atoms with van der Waals surface area (Å²) in [6.07, 6.45) is 9.49. The number of nitrogens with zero attached hydrogens (tertiary/aromatic N) is 1. The van der Waals surface area contributed by atoms with Crippen LogP contribution >= 0.6 is 0 Å². The molecule has 0 spiro atoms. The summed E-state index contributed by atoms with van der Waals surface area (Å²) in [6.45, 7) is 6.30. The first-order valence-electron chi connectivity index (χ1n) is 10.6. The van der Waals surface area contributed by atoms with Crippen LogP contribution in [0.1, 0.15) is 62.5 Å². The Bertz CT molecular complexity index is 546. The van der Waals surface area contributed by atoms with Gasteiger partial charge in [-0.3, -0.25) is 9.69 Å².